The Morgan fingerprint density at radius 1 is 1.35 bits per heavy atom. The van der Waals surface area contributed by atoms with E-state index in [4.69, 9.17) is 13.9 Å². The molecule has 1 N–H and O–H groups in total. The summed E-state index contributed by atoms with van der Waals surface area (Å²) in [6.45, 7) is 0.906. The predicted octanol–water partition coefficient (Wildman–Crippen LogP) is 0.878. The first-order chi connectivity index (χ1) is 9.79. The highest BCUT2D eigenvalue weighted by atomic mass is 16.5. The Labute approximate surface area is 115 Å². The molecule has 1 heterocycles. The number of nitrogens with zero attached hydrogens (tertiary/aromatic N) is 2. The van der Waals surface area contributed by atoms with E-state index in [0.29, 0.717) is 24.8 Å². The average Bonchev–Trinajstić information content (AvgIpc) is 3.00. The minimum absolute atomic E-state index is 0.0381. The lowest BCUT2D eigenvalue weighted by Crippen LogP contribution is -2.31. The van der Waals surface area contributed by atoms with Gasteiger partial charge in [-0.15, -0.1) is 10.2 Å². The third-order valence-corrected chi connectivity index (χ3v) is 2.46. The van der Waals surface area contributed by atoms with E-state index in [0.717, 1.165) is 5.56 Å². The summed E-state index contributed by atoms with van der Waals surface area (Å²) in [6.07, 6.45) is 1.27. The Morgan fingerprint density at radius 3 is 2.80 bits per heavy atom. The monoisotopic (exact) mass is 277 g/mol. The molecule has 1 aromatic heterocycles. The van der Waals surface area contributed by atoms with Crippen LogP contribution in [0.15, 0.2) is 35.1 Å². The first kappa shape index (κ1) is 14.0. The molecule has 1 amide bonds. The van der Waals surface area contributed by atoms with E-state index in [1.54, 1.807) is 31.4 Å². The Bertz CT molecular complexity index is 525. The van der Waals surface area contributed by atoms with Crippen molar-refractivity contribution in [1.82, 2.24) is 15.5 Å². The summed E-state index contributed by atoms with van der Waals surface area (Å²) in [4.78, 5) is 11.4. The summed E-state index contributed by atoms with van der Waals surface area (Å²) in [7, 11) is 1.58. The van der Waals surface area contributed by atoms with Crippen LogP contribution in [0.25, 0.3) is 11.5 Å². The van der Waals surface area contributed by atoms with Gasteiger partial charge in [0.05, 0.1) is 6.61 Å². The van der Waals surface area contributed by atoms with Crippen LogP contribution in [0.3, 0.4) is 0 Å². The van der Waals surface area contributed by atoms with Crippen LogP contribution in [-0.4, -0.2) is 43.0 Å². The van der Waals surface area contributed by atoms with Gasteiger partial charge in [0, 0.05) is 19.2 Å². The lowest BCUT2D eigenvalue weighted by Gasteiger charge is -2.07. The maximum absolute atomic E-state index is 11.4. The minimum atomic E-state index is -0.192. The molecule has 0 aliphatic rings. The number of hydrogen-bond acceptors (Lipinski definition) is 6. The van der Waals surface area contributed by atoms with Crippen molar-refractivity contribution >= 4 is 5.91 Å². The van der Waals surface area contributed by atoms with Crippen molar-refractivity contribution in [2.75, 3.05) is 26.9 Å². The van der Waals surface area contributed by atoms with Gasteiger partial charge < -0.3 is 19.2 Å². The highest BCUT2D eigenvalue weighted by molar-refractivity contribution is 5.77. The summed E-state index contributed by atoms with van der Waals surface area (Å²) < 4.78 is 15.3. The Hall–Kier alpha value is -2.41. The van der Waals surface area contributed by atoms with E-state index in [9.17, 15) is 4.79 Å². The summed E-state index contributed by atoms with van der Waals surface area (Å²) >= 11 is 0. The number of aromatic nitrogens is 2. The fraction of sp³-hybridized carbons (Fsp3) is 0.308. The largest absolute Gasteiger partial charge is 0.484 e. The molecule has 0 fully saturated rings. The van der Waals surface area contributed by atoms with Crippen LogP contribution in [0, 0.1) is 0 Å². The molecule has 20 heavy (non-hydrogen) atoms. The maximum Gasteiger partial charge on any atom is 0.258 e. The first-order valence-corrected chi connectivity index (χ1v) is 6.04. The van der Waals surface area contributed by atoms with Gasteiger partial charge in [0.2, 0.25) is 12.3 Å². The number of methoxy groups -OCH3 is 1. The molecule has 7 heteroatoms. The van der Waals surface area contributed by atoms with Crippen LogP contribution in [0.1, 0.15) is 0 Å². The second kappa shape index (κ2) is 7.25. The highest BCUT2D eigenvalue weighted by Crippen LogP contribution is 2.19. The van der Waals surface area contributed by atoms with E-state index in [1.807, 2.05) is 0 Å². The molecule has 1 aromatic carbocycles. The molecular formula is C13H15N3O4. The number of carbonyl (C=O) groups excluding carboxylic acids is 1. The van der Waals surface area contributed by atoms with Crippen molar-refractivity contribution in [2.45, 2.75) is 0 Å². The first-order valence-electron chi connectivity index (χ1n) is 6.04. The number of nitrogens with one attached hydrogen (secondary N) is 1. The Kier molecular flexibility index (Phi) is 5.08. The third-order valence-electron chi connectivity index (χ3n) is 2.46. The molecule has 0 aliphatic carbocycles. The van der Waals surface area contributed by atoms with Crippen molar-refractivity contribution in [3.05, 3.63) is 30.7 Å². The number of rotatable bonds is 7. The second-order valence-electron chi connectivity index (χ2n) is 3.90. The van der Waals surface area contributed by atoms with E-state index in [-0.39, 0.29) is 12.5 Å². The normalized spacial score (nSPS) is 10.2. The van der Waals surface area contributed by atoms with Gasteiger partial charge in [-0.25, -0.2) is 0 Å². The van der Waals surface area contributed by atoms with Crippen LogP contribution in [-0.2, 0) is 9.53 Å². The summed E-state index contributed by atoms with van der Waals surface area (Å²) in [6, 6.07) is 7.04. The van der Waals surface area contributed by atoms with Gasteiger partial charge in [0.15, 0.2) is 6.61 Å². The lowest BCUT2D eigenvalue weighted by molar-refractivity contribution is -0.123. The van der Waals surface area contributed by atoms with Gasteiger partial charge in [-0.3, -0.25) is 4.79 Å². The van der Waals surface area contributed by atoms with E-state index in [2.05, 4.69) is 15.5 Å². The molecule has 0 spiro atoms. The minimum Gasteiger partial charge on any atom is -0.484 e. The van der Waals surface area contributed by atoms with Crippen molar-refractivity contribution in [3.8, 4) is 17.2 Å². The molecular weight excluding hydrogens is 262 g/mol. The van der Waals surface area contributed by atoms with Crippen molar-refractivity contribution in [3.63, 3.8) is 0 Å². The Morgan fingerprint density at radius 2 is 2.15 bits per heavy atom. The number of hydrogen-bond donors (Lipinski definition) is 1. The highest BCUT2D eigenvalue weighted by Gasteiger charge is 2.05. The van der Waals surface area contributed by atoms with Gasteiger partial charge in [-0.1, -0.05) is 0 Å². The molecule has 0 bridgehead atoms. The third kappa shape index (κ3) is 4.06. The molecule has 0 saturated carbocycles. The number of amides is 1. The quantitative estimate of drug-likeness (QED) is 0.756. The molecule has 7 nitrogen and oxygen atoms in total. The Balaban J connectivity index is 1.81. The van der Waals surface area contributed by atoms with Crippen LogP contribution in [0.4, 0.5) is 0 Å². The van der Waals surface area contributed by atoms with Crippen molar-refractivity contribution < 1.29 is 18.7 Å². The molecule has 2 rings (SSSR count). The number of ether oxygens (including phenoxy) is 2. The summed E-state index contributed by atoms with van der Waals surface area (Å²) in [5.41, 5.74) is 0.791. The SMILES string of the molecule is COCCNC(=O)COc1ccc(-c2nnco2)cc1. The van der Waals surface area contributed by atoms with E-state index in [1.165, 1.54) is 6.39 Å². The molecule has 0 saturated heterocycles. The summed E-state index contributed by atoms with van der Waals surface area (Å²) in [5, 5.41) is 10.1. The fourth-order valence-corrected chi connectivity index (χ4v) is 1.49. The topological polar surface area (TPSA) is 86.5 Å². The van der Waals surface area contributed by atoms with Gasteiger partial charge in [-0.05, 0) is 24.3 Å². The van der Waals surface area contributed by atoms with Crippen LogP contribution in [0.2, 0.25) is 0 Å². The predicted molar refractivity (Wildman–Crippen MR) is 70.1 cm³/mol. The molecule has 0 unspecified atom stereocenters. The van der Waals surface area contributed by atoms with Crippen LogP contribution < -0.4 is 10.1 Å². The number of carbonyl (C=O) groups is 1. The van der Waals surface area contributed by atoms with Crippen molar-refractivity contribution in [2.24, 2.45) is 0 Å². The van der Waals surface area contributed by atoms with E-state index >= 15 is 0 Å². The molecule has 0 radical (unpaired) electrons. The zero-order chi connectivity index (χ0) is 14.2. The van der Waals surface area contributed by atoms with Gasteiger partial charge in [0.1, 0.15) is 5.75 Å². The zero-order valence-corrected chi connectivity index (χ0v) is 11.0. The second-order valence-corrected chi connectivity index (χ2v) is 3.90. The standard InChI is InChI=1S/C13H15N3O4/c1-18-7-6-14-12(17)8-19-11-4-2-10(3-5-11)13-16-15-9-20-13/h2-5,9H,6-8H2,1H3,(H,14,17). The molecule has 2 aromatic rings. The average molecular weight is 277 g/mol. The molecule has 0 atom stereocenters. The fourth-order valence-electron chi connectivity index (χ4n) is 1.49. The molecule has 0 aliphatic heterocycles. The molecule has 106 valence electrons. The maximum atomic E-state index is 11.4. The summed E-state index contributed by atoms with van der Waals surface area (Å²) in [5.74, 6) is 0.840. The van der Waals surface area contributed by atoms with Gasteiger partial charge >= 0.3 is 0 Å². The van der Waals surface area contributed by atoms with E-state index < -0.39 is 0 Å². The van der Waals surface area contributed by atoms with Gasteiger partial charge in [-0.2, -0.15) is 0 Å². The zero-order valence-electron chi connectivity index (χ0n) is 11.0. The van der Waals surface area contributed by atoms with Crippen LogP contribution >= 0.6 is 0 Å². The van der Waals surface area contributed by atoms with Crippen LogP contribution in [0.5, 0.6) is 5.75 Å². The number of benzene rings is 1. The van der Waals surface area contributed by atoms with Crippen molar-refractivity contribution in [1.29, 1.82) is 0 Å². The lowest BCUT2D eigenvalue weighted by atomic mass is 10.2. The smallest absolute Gasteiger partial charge is 0.258 e. The van der Waals surface area contributed by atoms with Gasteiger partial charge in [0.25, 0.3) is 5.91 Å².